The number of rotatable bonds is 10. The molecule has 0 aliphatic rings. The number of nitrogens with one attached hydrogen (secondary N) is 1. The van der Waals surface area contributed by atoms with Gasteiger partial charge in [-0.25, -0.2) is 0 Å². The molecular weight excluding hydrogens is 456 g/mol. The Kier molecular flexibility index (Phi) is 9.11. The molecule has 0 bridgehead atoms. The largest absolute Gasteiger partial charge is 0.493 e. The van der Waals surface area contributed by atoms with E-state index in [0.717, 1.165) is 16.7 Å². The average molecular weight is 489 g/mol. The van der Waals surface area contributed by atoms with E-state index in [9.17, 15) is 9.59 Å². The summed E-state index contributed by atoms with van der Waals surface area (Å²) in [6.45, 7) is 3.86. The number of carbonyl (C=O) groups excluding carboxylic acids is 2. The Morgan fingerprint density at radius 1 is 0.917 bits per heavy atom. The SMILES string of the molecule is COc1cc(/C=C\C(=O)N(Cc2ccccc2)[C@H](C)c2cccc(NC(C)=O)c2)cc(OC)c1OC. The molecule has 7 heteroatoms. The predicted molar refractivity (Wildman–Crippen MR) is 141 cm³/mol. The molecule has 0 saturated carbocycles. The van der Waals surface area contributed by atoms with E-state index >= 15 is 0 Å². The first-order valence-corrected chi connectivity index (χ1v) is 11.6. The summed E-state index contributed by atoms with van der Waals surface area (Å²) in [5, 5.41) is 2.81. The van der Waals surface area contributed by atoms with Gasteiger partial charge < -0.3 is 24.4 Å². The van der Waals surface area contributed by atoms with Crippen molar-refractivity contribution >= 4 is 23.6 Å². The monoisotopic (exact) mass is 488 g/mol. The lowest BCUT2D eigenvalue weighted by Gasteiger charge is -2.29. The van der Waals surface area contributed by atoms with Gasteiger partial charge in [-0.2, -0.15) is 0 Å². The second kappa shape index (κ2) is 12.4. The van der Waals surface area contributed by atoms with Crippen molar-refractivity contribution in [1.82, 2.24) is 4.90 Å². The number of ether oxygens (including phenoxy) is 3. The van der Waals surface area contributed by atoms with Gasteiger partial charge in [-0.05, 0) is 54.0 Å². The summed E-state index contributed by atoms with van der Waals surface area (Å²) >= 11 is 0. The van der Waals surface area contributed by atoms with Crippen LogP contribution in [0.4, 0.5) is 5.69 Å². The maximum atomic E-state index is 13.5. The topological polar surface area (TPSA) is 77.1 Å². The summed E-state index contributed by atoms with van der Waals surface area (Å²) in [4.78, 5) is 26.8. The Morgan fingerprint density at radius 2 is 1.58 bits per heavy atom. The Labute approximate surface area is 212 Å². The summed E-state index contributed by atoms with van der Waals surface area (Å²) in [6, 6.07) is 20.7. The fraction of sp³-hybridized carbons (Fsp3) is 0.241. The quantitative estimate of drug-likeness (QED) is 0.383. The molecule has 0 saturated heterocycles. The maximum absolute atomic E-state index is 13.5. The average Bonchev–Trinajstić information content (AvgIpc) is 2.89. The van der Waals surface area contributed by atoms with Gasteiger partial charge in [0.25, 0.3) is 0 Å². The van der Waals surface area contributed by atoms with Gasteiger partial charge in [-0.3, -0.25) is 9.59 Å². The standard InChI is InChI=1S/C29H32N2O5/c1-20(24-12-9-13-25(18-24)30-21(2)32)31(19-22-10-7-6-8-11-22)28(33)15-14-23-16-26(34-3)29(36-5)27(17-23)35-4/h6-18,20H,19H2,1-5H3,(H,30,32)/b15-14-/t20-/m1/s1. The van der Waals surface area contributed by atoms with Crippen molar-refractivity contribution in [3.63, 3.8) is 0 Å². The first kappa shape index (κ1) is 26.3. The number of methoxy groups -OCH3 is 3. The highest BCUT2D eigenvalue weighted by atomic mass is 16.5. The Morgan fingerprint density at radius 3 is 2.17 bits per heavy atom. The highest BCUT2D eigenvalue weighted by Crippen LogP contribution is 2.38. The van der Waals surface area contributed by atoms with E-state index in [1.807, 2.05) is 61.5 Å². The van der Waals surface area contributed by atoms with Gasteiger partial charge in [-0.1, -0.05) is 42.5 Å². The zero-order valence-corrected chi connectivity index (χ0v) is 21.3. The minimum atomic E-state index is -0.254. The molecule has 188 valence electrons. The van der Waals surface area contributed by atoms with Crippen LogP contribution in [0.5, 0.6) is 17.2 Å². The van der Waals surface area contributed by atoms with Crippen LogP contribution in [0.1, 0.15) is 36.6 Å². The number of amides is 2. The van der Waals surface area contributed by atoms with Crippen LogP contribution >= 0.6 is 0 Å². The molecule has 3 rings (SSSR count). The van der Waals surface area contributed by atoms with E-state index in [-0.39, 0.29) is 17.9 Å². The number of anilines is 1. The summed E-state index contributed by atoms with van der Waals surface area (Å²) < 4.78 is 16.2. The van der Waals surface area contributed by atoms with Crippen LogP contribution in [-0.2, 0) is 16.1 Å². The third-order valence-electron chi connectivity index (χ3n) is 5.74. The van der Waals surface area contributed by atoms with Crippen molar-refractivity contribution in [1.29, 1.82) is 0 Å². The molecule has 7 nitrogen and oxygen atoms in total. The van der Waals surface area contributed by atoms with Gasteiger partial charge >= 0.3 is 0 Å². The van der Waals surface area contributed by atoms with E-state index in [4.69, 9.17) is 14.2 Å². The van der Waals surface area contributed by atoms with Gasteiger partial charge in [0.05, 0.1) is 27.4 Å². The lowest BCUT2D eigenvalue weighted by Crippen LogP contribution is -2.31. The highest BCUT2D eigenvalue weighted by Gasteiger charge is 2.21. The molecule has 0 aliphatic heterocycles. The van der Waals surface area contributed by atoms with Gasteiger partial charge in [0.2, 0.25) is 17.6 Å². The van der Waals surface area contributed by atoms with Crippen molar-refractivity contribution in [2.24, 2.45) is 0 Å². The van der Waals surface area contributed by atoms with Crippen molar-refractivity contribution in [2.45, 2.75) is 26.4 Å². The molecule has 0 unspecified atom stereocenters. The van der Waals surface area contributed by atoms with Crippen LogP contribution in [0.15, 0.2) is 72.8 Å². The number of nitrogens with zero attached hydrogens (tertiary/aromatic N) is 1. The van der Waals surface area contributed by atoms with Crippen molar-refractivity contribution in [3.8, 4) is 17.2 Å². The van der Waals surface area contributed by atoms with Gasteiger partial charge in [0.1, 0.15) is 0 Å². The zero-order chi connectivity index (χ0) is 26.1. The predicted octanol–water partition coefficient (Wildman–Crippen LogP) is 5.47. The van der Waals surface area contributed by atoms with E-state index in [2.05, 4.69) is 5.32 Å². The molecule has 36 heavy (non-hydrogen) atoms. The Balaban J connectivity index is 1.93. The number of benzene rings is 3. The third kappa shape index (κ3) is 6.66. The fourth-order valence-corrected chi connectivity index (χ4v) is 3.91. The molecule has 0 spiro atoms. The third-order valence-corrected chi connectivity index (χ3v) is 5.74. The molecule has 0 aromatic heterocycles. The van der Waals surface area contributed by atoms with Crippen LogP contribution in [0, 0.1) is 0 Å². The van der Waals surface area contributed by atoms with Crippen LogP contribution in [0.3, 0.4) is 0 Å². The van der Waals surface area contributed by atoms with E-state index in [0.29, 0.717) is 29.5 Å². The first-order chi connectivity index (χ1) is 17.4. The second-order valence-electron chi connectivity index (χ2n) is 8.23. The molecular formula is C29H32N2O5. The summed E-state index contributed by atoms with van der Waals surface area (Å²) in [5.74, 6) is 1.19. The lowest BCUT2D eigenvalue weighted by atomic mass is 10.0. The Hall–Kier alpha value is -4.26. The molecule has 0 fully saturated rings. The second-order valence-corrected chi connectivity index (χ2v) is 8.23. The van der Waals surface area contributed by atoms with Crippen molar-refractivity contribution < 1.29 is 23.8 Å². The molecule has 1 N–H and O–H groups in total. The van der Waals surface area contributed by atoms with Crippen LogP contribution in [-0.4, -0.2) is 38.0 Å². The fourth-order valence-electron chi connectivity index (χ4n) is 3.91. The van der Waals surface area contributed by atoms with E-state index in [1.54, 1.807) is 44.4 Å². The van der Waals surface area contributed by atoms with E-state index in [1.165, 1.54) is 13.0 Å². The molecule has 0 aliphatic carbocycles. The normalized spacial score (nSPS) is 11.6. The van der Waals surface area contributed by atoms with Gasteiger partial charge in [0.15, 0.2) is 11.5 Å². The summed E-state index contributed by atoms with van der Waals surface area (Å²) in [6.07, 6.45) is 3.27. The smallest absolute Gasteiger partial charge is 0.247 e. The van der Waals surface area contributed by atoms with E-state index < -0.39 is 0 Å². The highest BCUT2D eigenvalue weighted by molar-refractivity contribution is 5.92. The maximum Gasteiger partial charge on any atom is 0.247 e. The number of hydrogen-bond donors (Lipinski definition) is 1. The zero-order valence-electron chi connectivity index (χ0n) is 21.3. The summed E-state index contributed by atoms with van der Waals surface area (Å²) in [5.41, 5.74) is 3.34. The summed E-state index contributed by atoms with van der Waals surface area (Å²) in [7, 11) is 4.64. The lowest BCUT2D eigenvalue weighted by molar-refractivity contribution is -0.128. The molecule has 2 amide bonds. The van der Waals surface area contributed by atoms with Crippen LogP contribution in [0.2, 0.25) is 0 Å². The van der Waals surface area contributed by atoms with Crippen molar-refractivity contribution in [3.05, 3.63) is 89.5 Å². The molecule has 0 radical (unpaired) electrons. The van der Waals surface area contributed by atoms with Gasteiger partial charge in [-0.15, -0.1) is 0 Å². The molecule has 3 aromatic rings. The van der Waals surface area contributed by atoms with Crippen LogP contribution in [0.25, 0.3) is 6.08 Å². The first-order valence-electron chi connectivity index (χ1n) is 11.6. The minimum absolute atomic E-state index is 0.148. The molecule has 0 heterocycles. The Bertz CT molecular complexity index is 1200. The minimum Gasteiger partial charge on any atom is -0.493 e. The van der Waals surface area contributed by atoms with Gasteiger partial charge in [0, 0.05) is 25.2 Å². The van der Waals surface area contributed by atoms with Crippen molar-refractivity contribution in [2.75, 3.05) is 26.6 Å². The number of hydrogen-bond acceptors (Lipinski definition) is 5. The molecule has 1 atom stereocenters. The van der Waals surface area contributed by atoms with Crippen LogP contribution < -0.4 is 19.5 Å². The molecule has 3 aromatic carbocycles. The number of carbonyl (C=O) groups is 2.